The molecule has 2 aromatic carbocycles. The number of hydrogen-bond acceptors (Lipinski definition) is 2. The van der Waals surface area contributed by atoms with E-state index in [9.17, 15) is 0 Å². The summed E-state index contributed by atoms with van der Waals surface area (Å²) in [6.45, 7) is 3.13. The lowest BCUT2D eigenvalue weighted by Crippen LogP contribution is -2.22. The van der Waals surface area contributed by atoms with Crippen molar-refractivity contribution in [3.05, 3.63) is 70.4 Å². The Balaban J connectivity index is 1.99. The van der Waals surface area contributed by atoms with E-state index in [4.69, 9.17) is 4.42 Å². The number of nitrogens with one attached hydrogen (secondary N) is 1. The van der Waals surface area contributed by atoms with E-state index in [1.54, 1.807) is 0 Å². The van der Waals surface area contributed by atoms with E-state index in [0.29, 0.717) is 0 Å². The fourth-order valence-corrected chi connectivity index (χ4v) is 2.74. The number of benzene rings is 2. The lowest BCUT2D eigenvalue weighted by molar-refractivity contribution is 0.469. The molecule has 3 aromatic rings. The summed E-state index contributed by atoms with van der Waals surface area (Å²) in [7, 11) is 0. The van der Waals surface area contributed by atoms with Crippen molar-refractivity contribution < 1.29 is 4.42 Å². The summed E-state index contributed by atoms with van der Waals surface area (Å²) in [6, 6.07) is 18.7. The number of rotatable bonds is 5. The minimum Gasteiger partial charge on any atom is -0.459 e. The van der Waals surface area contributed by atoms with Crippen molar-refractivity contribution in [2.75, 3.05) is 6.54 Å². The third kappa shape index (κ3) is 3.20. The van der Waals surface area contributed by atoms with Crippen LogP contribution in [0, 0.1) is 0 Å². The first kappa shape index (κ1) is 14.4. The molecule has 1 unspecified atom stereocenters. The van der Waals surface area contributed by atoms with Crippen LogP contribution >= 0.6 is 15.9 Å². The highest BCUT2D eigenvalue weighted by Gasteiger charge is 2.17. The molecule has 0 fully saturated rings. The molecule has 0 amide bonds. The van der Waals surface area contributed by atoms with Crippen LogP contribution in [0.15, 0.2) is 63.5 Å². The second-order valence-corrected chi connectivity index (χ2v) is 6.04. The first-order chi connectivity index (χ1) is 10.3. The Bertz CT molecular complexity index is 684. The van der Waals surface area contributed by atoms with E-state index in [1.807, 2.05) is 18.2 Å². The van der Waals surface area contributed by atoms with Gasteiger partial charge in [-0.15, -0.1) is 0 Å². The van der Waals surface area contributed by atoms with E-state index in [1.165, 1.54) is 5.56 Å². The molecular weight excluding hydrogens is 326 g/mol. The molecule has 0 saturated heterocycles. The summed E-state index contributed by atoms with van der Waals surface area (Å²) in [5, 5.41) is 4.72. The normalized spacial score (nSPS) is 12.7. The highest BCUT2D eigenvalue weighted by molar-refractivity contribution is 9.10. The maximum atomic E-state index is 6.04. The molecule has 0 aliphatic heterocycles. The molecule has 2 nitrogen and oxygen atoms in total. The van der Waals surface area contributed by atoms with Crippen molar-refractivity contribution in [1.82, 2.24) is 5.32 Å². The van der Waals surface area contributed by atoms with Crippen molar-refractivity contribution >= 4 is 26.9 Å². The Labute approximate surface area is 133 Å². The molecule has 0 bridgehead atoms. The molecule has 0 radical (unpaired) electrons. The fraction of sp³-hybridized carbons (Fsp3) is 0.222. The summed E-state index contributed by atoms with van der Waals surface area (Å²) in [5.74, 6) is 0.965. The van der Waals surface area contributed by atoms with Crippen molar-refractivity contribution in [2.24, 2.45) is 0 Å². The molecule has 1 aromatic heterocycles. The largest absolute Gasteiger partial charge is 0.459 e. The zero-order valence-electron chi connectivity index (χ0n) is 12.0. The summed E-state index contributed by atoms with van der Waals surface area (Å²) >= 11 is 3.49. The molecule has 0 spiro atoms. The zero-order valence-corrected chi connectivity index (χ0v) is 13.6. The number of furan rings is 1. The van der Waals surface area contributed by atoms with Crippen molar-refractivity contribution in [3.63, 3.8) is 0 Å². The highest BCUT2D eigenvalue weighted by Crippen LogP contribution is 2.29. The molecule has 0 saturated carbocycles. The van der Waals surface area contributed by atoms with Gasteiger partial charge in [-0.2, -0.15) is 0 Å². The van der Waals surface area contributed by atoms with E-state index >= 15 is 0 Å². The smallest absolute Gasteiger partial charge is 0.134 e. The van der Waals surface area contributed by atoms with Gasteiger partial charge in [0.2, 0.25) is 0 Å². The third-order valence-electron chi connectivity index (χ3n) is 3.53. The Hall–Kier alpha value is -1.58. The van der Waals surface area contributed by atoms with Gasteiger partial charge in [-0.25, -0.2) is 0 Å². The van der Waals surface area contributed by atoms with Crippen LogP contribution in [-0.2, 0) is 0 Å². The Morgan fingerprint density at radius 2 is 1.86 bits per heavy atom. The summed E-state index contributed by atoms with van der Waals surface area (Å²) in [5.41, 5.74) is 2.15. The van der Waals surface area contributed by atoms with Gasteiger partial charge in [-0.05, 0) is 42.8 Å². The number of hydrogen-bond donors (Lipinski definition) is 1. The maximum Gasteiger partial charge on any atom is 0.134 e. The SMILES string of the molecule is CCCNC(c1ccc(Br)cc1)c1cc2ccccc2o1. The van der Waals surface area contributed by atoms with Crippen LogP contribution in [0.5, 0.6) is 0 Å². The second kappa shape index (κ2) is 6.46. The molecule has 108 valence electrons. The summed E-state index contributed by atoms with van der Waals surface area (Å²) < 4.78 is 7.13. The van der Waals surface area contributed by atoms with Crippen LogP contribution in [0.25, 0.3) is 11.0 Å². The first-order valence-corrected chi connectivity index (χ1v) is 8.04. The molecular formula is C18H18BrNO. The fourth-order valence-electron chi connectivity index (χ4n) is 2.47. The third-order valence-corrected chi connectivity index (χ3v) is 4.06. The van der Waals surface area contributed by atoms with Gasteiger partial charge in [0, 0.05) is 9.86 Å². The summed E-state index contributed by atoms with van der Waals surface area (Å²) in [6.07, 6.45) is 1.09. The minimum absolute atomic E-state index is 0.0884. The van der Waals surface area contributed by atoms with Gasteiger partial charge in [0.1, 0.15) is 11.3 Å². The van der Waals surface area contributed by atoms with Crippen molar-refractivity contribution in [3.8, 4) is 0 Å². The van der Waals surface area contributed by atoms with E-state index < -0.39 is 0 Å². The van der Waals surface area contributed by atoms with E-state index in [-0.39, 0.29) is 6.04 Å². The number of halogens is 1. The van der Waals surface area contributed by atoms with Crippen LogP contribution in [0.1, 0.15) is 30.7 Å². The van der Waals surface area contributed by atoms with Crippen molar-refractivity contribution in [1.29, 1.82) is 0 Å². The van der Waals surface area contributed by atoms with Gasteiger partial charge in [-0.1, -0.05) is 53.2 Å². The van der Waals surface area contributed by atoms with Gasteiger partial charge < -0.3 is 9.73 Å². The standard InChI is InChI=1S/C18H18BrNO/c1-2-11-20-18(13-7-9-15(19)10-8-13)17-12-14-5-3-4-6-16(14)21-17/h3-10,12,18,20H,2,11H2,1H3. The first-order valence-electron chi connectivity index (χ1n) is 7.25. The predicted octanol–water partition coefficient (Wildman–Crippen LogP) is 5.28. The second-order valence-electron chi connectivity index (χ2n) is 5.13. The molecule has 1 heterocycles. The average molecular weight is 344 g/mol. The van der Waals surface area contributed by atoms with Crippen molar-refractivity contribution in [2.45, 2.75) is 19.4 Å². The molecule has 21 heavy (non-hydrogen) atoms. The van der Waals surface area contributed by atoms with Crippen LogP contribution in [0.2, 0.25) is 0 Å². The highest BCUT2D eigenvalue weighted by atomic mass is 79.9. The van der Waals surface area contributed by atoms with E-state index in [2.05, 4.69) is 64.6 Å². The molecule has 0 aliphatic carbocycles. The zero-order chi connectivity index (χ0) is 14.7. The van der Waals surface area contributed by atoms with E-state index in [0.717, 1.165) is 34.2 Å². The van der Waals surface area contributed by atoms with Crippen LogP contribution in [-0.4, -0.2) is 6.54 Å². The summed E-state index contributed by atoms with van der Waals surface area (Å²) in [4.78, 5) is 0. The monoisotopic (exact) mass is 343 g/mol. The van der Waals surface area contributed by atoms with Gasteiger partial charge in [0.05, 0.1) is 6.04 Å². The van der Waals surface area contributed by atoms with Gasteiger partial charge in [0.15, 0.2) is 0 Å². The molecule has 1 atom stereocenters. The maximum absolute atomic E-state index is 6.04. The minimum atomic E-state index is 0.0884. The van der Waals surface area contributed by atoms with Crippen LogP contribution in [0.4, 0.5) is 0 Å². The molecule has 3 rings (SSSR count). The number of para-hydroxylation sites is 1. The predicted molar refractivity (Wildman–Crippen MR) is 90.5 cm³/mol. The Morgan fingerprint density at radius 3 is 2.57 bits per heavy atom. The Kier molecular flexibility index (Phi) is 4.42. The molecule has 0 aliphatic rings. The lowest BCUT2D eigenvalue weighted by Gasteiger charge is -2.16. The average Bonchev–Trinajstić information content (AvgIpc) is 2.93. The number of fused-ring (bicyclic) bond motifs is 1. The van der Waals surface area contributed by atoms with Gasteiger partial charge >= 0.3 is 0 Å². The quantitative estimate of drug-likeness (QED) is 0.681. The lowest BCUT2D eigenvalue weighted by atomic mass is 10.0. The van der Waals surface area contributed by atoms with Gasteiger partial charge in [-0.3, -0.25) is 0 Å². The molecule has 1 N–H and O–H groups in total. The van der Waals surface area contributed by atoms with Gasteiger partial charge in [0.25, 0.3) is 0 Å². The van der Waals surface area contributed by atoms with Crippen LogP contribution in [0.3, 0.4) is 0 Å². The van der Waals surface area contributed by atoms with Crippen LogP contribution < -0.4 is 5.32 Å². The topological polar surface area (TPSA) is 25.2 Å². The Morgan fingerprint density at radius 1 is 1.10 bits per heavy atom. The molecule has 3 heteroatoms.